The van der Waals surface area contributed by atoms with Gasteiger partial charge in [-0.3, -0.25) is 4.90 Å². The molecule has 1 saturated heterocycles. The van der Waals surface area contributed by atoms with Gasteiger partial charge in [-0.1, -0.05) is 11.2 Å². The minimum absolute atomic E-state index is 0.108. The molecule has 0 aliphatic carbocycles. The second-order valence-corrected chi connectivity index (χ2v) is 5.57. The average Bonchev–Trinajstić information content (AvgIpc) is 2.98. The SMILES string of the molecule is C=CCN1C(=O)N(c2cc(C(C)SC)no2)C(O)C1O. The molecule has 8 heteroatoms. The molecular formula is C12H17N3O4S. The number of hydrogen-bond donors (Lipinski definition) is 2. The van der Waals surface area contributed by atoms with Gasteiger partial charge in [0.2, 0.25) is 5.88 Å². The summed E-state index contributed by atoms with van der Waals surface area (Å²) in [4.78, 5) is 14.2. The number of carbonyl (C=O) groups is 1. The van der Waals surface area contributed by atoms with Crippen LogP contribution in [0, 0.1) is 0 Å². The first-order valence-corrected chi connectivity index (χ1v) is 7.36. The zero-order valence-electron chi connectivity index (χ0n) is 11.3. The number of aliphatic hydroxyl groups is 2. The van der Waals surface area contributed by atoms with Gasteiger partial charge in [0.15, 0.2) is 12.5 Å². The second-order valence-electron chi connectivity index (χ2n) is 4.39. The second kappa shape index (κ2) is 5.86. The summed E-state index contributed by atoms with van der Waals surface area (Å²) in [5.74, 6) is 0.115. The molecule has 1 aliphatic rings. The predicted octanol–water partition coefficient (Wildman–Crippen LogP) is 1.16. The molecule has 0 saturated carbocycles. The highest BCUT2D eigenvalue weighted by Crippen LogP contribution is 2.31. The Morgan fingerprint density at radius 3 is 2.90 bits per heavy atom. The van der Waals surface area contributed by atoms with Crippen LogP contribution in [0.15, 0.2) is 23.2 Å². The predicted molar refractivity (Wildman–Crippen MR) is 75.2 cm³/mol. The van der Waals surface area contributed by atoms with Gasteiger partial charge in [-0.2, -0.15) is 11.8 Å². The molecule has 2 amide bonds. The highest BCUT2D eigenvalue weighted by atomic mass is 32.2. The molecule has 1 aliphatic heterocycles. The first-order valence-electron chi connectivity index (χ1n) is 6.07. The van der Waals surface area contributed by atoms with E-state index in [1.54, 1.807) is 17.8 Å². The molecule has 7 nitrogen and oxygen atoms in total. The largest absolute Gasteiger partial charge is 0.369 e. The Balaban J connectivity index is 2.26. The van der Waals surface area contributed by atoms with Crippen molar-refractivity contribution in [2.24, 2.45) is 0 Å². The van der Waals surface area contributed by atoms with E-state index in [2.05, 4.69) is 11.7 Å². The van der Waals surface area contributed by atoms with Crippen LogP contribution in [0.4, 0.5) is 10.7 Å². The van der Waals surface area contributed by atoms with Gasteiger partial charge < -0.3 is 14.7 Å². The maximum Gasteiger partial charge on any atom is 0.331 e. The molecule has 1 aromatic rings. The van der Waals surface area contributed by atoms with E-state index in [9.17, 15) is 15.0 Å². The molecule has 1 fully saturated rings. The molecule has 20 heavy (non-hydrogen) atoms. The van der Waals surface area contributed by atoms with Crippen LogP contribution in [0.25, 0.3) is 0 Å². The van der Waals surface area contributed by atoms with Gasteiger partial charge in [0.1, 0.15) is 0 Å². The monoisotopic (exact) mass is 299 g/mol. The van der Waals surface area contributed by atoms with Crippen LogP contribution in [-0.2, 0) is 0 Å². The molecule has 2 N–H and O–H groups in total. The number of thioether (sulfide) groups is 1. The first-order chi connectivity index (χ1) is 9.51. The summed E-state index contributed by atoms with van der Waals surface area (Å²) >= 11 is 1.58. The van der Waals surface area contributed by atoms with Crippen molar-refractivity contribution in [1.29, 1.82) is 0 Å². The number of aliphatic hydroxyl groups excluding tert-OH is 2. The van der Waals surface area contributed by atoms with Crippen LogP contribution in [0.5, 0.6) is 0 Å². The van der Waals surface area contributed by atoms with E-state index in [4.69, 9.17) is 4.52 Å². The Bertz CT molecular complexity index is 507. The summed E-state index contributed by atoms with van der Waals surface area (Å²) in [6.45, 7) is 5.60. The van der Waals surface area contributed by atoms with Gasteiger partial charge >= 0.3 is 6.03 Å². The lowest BCUT2D eigenvalue weighted by Gasteiger charge is -2.16. The molecule has 3 atom stereocenters. The zero-order valence-corrected chi connectivity index (χ0v) is 12.1. The molecule has 110 valence electrons. The lowest BCUT2D eigenvalue weighted by molar-refractivity contribution is -0.0242. The Labute approximate surface area is 120 Å². The van der Waals surface area contributed by atoms with Gasteiger partial charge in [0.25, 0.3) is 0 Å². The lowest BCUT2D eigenvalue weighted by atomic mass is 10.3. The maximum atomic E-state index is 12.2. The Morgan fingerprint density at radius 2 is 2.30 bits per heavy atom. The normalized spacial score (nSPS) is 24.3. The zero-order chi connectivity index (χ0) is 14.9. The molecule has 2 rings (SSSR count). The summed E-state index contributed by atoms with van der Waals surface area (Å²) in [5.41, 5.74) is 0.671. The number of aromatic nitrogens is 1. The standard InChI is InChI=1S/C12H17N3O4S/c1-4-5-14-10(16)11(17)15(12(14)18)9-6-8(13-19-9)7(2)20-3/h4,6-7,10-11,16-17H,1,5H2,2-3H3. The van der Waals surface area contributed by atoms with Gasteiger partial charge in [0.05, 0.1) is 5.69 Å². The summed E-state index contributed by atoms with van der Waals surface area (Å²) in [7, 11) is 0. The van der Waals surface area contributed by atoms with Crippen LogP contribution in [0.3, 0.4) is 0 Å². The molecule has 0 bridgehead atoms. The first kappa shape index (κ1) is 14.9. The van der Waals surface area contributed by atoms with Crippen molar-refractivity contribution in [3.63, 3.8) is 0 Å². The van der Waals surface area contributed by atoms with E-state index in [1.807, 2.05) is 13.2 Å². The van der Waals surface area contributed by atoms with Crippen molar-refractivity contribution in [3.8, 4) is 0 Å². The number of anilines is 1. The van der Waals surface area contributed by atoms with Crippen molar-refractivity contribution in [1.82, 2.24) is 10.1 Å². The maximum absolute atomic E-state index is 12.2. The average molecular weight is 299 g/mol. The van der Waals surface area contributed by atoms with Crippen LogP contribution in [-0.4, -0.2) is 51.6 Å². The molecule has 0 radical (unpaired) electrons. The lowest BCUT2D eigenvalue weighted by Crippen LogP contribution is -2.36. The van der Waals surface area contributed by atoms with Crippen LogP contribution >= 0.6 is 11.8 Å². The van der Waals surface area contributed by atoms with Gasteiger partial charge in [-0.25, -0.2) is 9.69 Å². The number of nitrogens with zero attached hydrogens (tertiary/aromatic N) is 3. The van der Waals surface area contributed by atoms with Gasteiger partial charge in [-0.15, -0.1) is 6.58 Å². The molecule has 0 aromatic carbocycles. The van der Waals surface area contributed by atoms with E-state index in [-0.39, 0.29) is 17.7 Å². The van der Waals surface area contributed by atoms with Crippen LogP contribution in [0.1, 0.15) is 17.9 Å². The minimum Gasteiger partial charge on any atom is -0.369 e. The van der Waals surface area contributed by atoms with E-state index in [0.717, 1.165) is 9.80 Å². The summed E-state index contributed by atoms with van der Waals surface area (Å²) < 4.78 is 5.11. The van der Waals surface area contributed by atoms with Crippen LogP contribution < -0.4 is 4.90 Å². The highest BCUT2D eigenvalue weighted by Gasteiger charge is 2.46. The smallest absolute Gasteiger partial charge is 0.331 e. The van der Waals surface area contributed by atoms with E-state index >= 15 is 0 Å². The molecule has 3 unspecified atom stereocenters. The quantitative estimate of drug-likeness (QED) is 0.793. The topological polar surface area (TPSA) is 90.0 Å². The third-order valence-corrected chi connectivity index (χ3v) is 4.10. The third kappa shape index (κ3) is 2.41. The fourth-order valence-corrected chi connectivity index (χ4v) is 2.27. The molecule has 1 aromatic heterocycles. The fraction of sp³-hybridized carbons (Fsp3) is 0.500. The van der Waals surface area contributed by atoms with Crippen molar-refractivity contribution >= 4 is 23.7 Å². The summed E-state index contributed by atoms with van der Waals surface area (Å²) in [5, 5.41) is 23.8. The Kier molecular flexibility index (Phi) is 4.36. The van der Waals surface area contributed by atoms with Crippen molar-refractivity contribution < 1.29 is 19.5 Å². The number of urea groups is 1. The summed E-state index contributed by atoms with van der Waals surface area (Å²) in [6.07, 6.45) is 0.684. The number of hydrogen-bond acceptors (Lipinski definition) is 6. The highest BCUT2D eigenvalue weighted by molar-refractivity contribution is 7.98. The van der Waals surface area contributed by atoms with Crippen LogP contribution in [0.2, 0.25) is 0 Å². The van der Waals surface area contributed by atoms with E-state index in [1.165, 1.54) is 6.08 Å². The number of rotatable bonds is 5. The van der Waals surface area contributed by atoms with Gasteiger partial charge in [-0.05, 0) is 13.2 Å². The Hall–Kier alpha value is -1.51. The van der Waals surface area contributed by atoms with Crippen molar-refractivity contribution in [2.75, 3.05) is 17.7 Å². The molecular weight excluding hydrogens is 282 g/mol. The number of amides is 2. The Morgan fingerprint density at radius 1 is 1.60 bits per heavy atom. The van der Waals surface area contributed by atoms with Crippen molar-refractivity contribution in [3.05, 3.63) is 24.4 Å². The minimum atomic E-state index is -1.40. The number of carbonyl (C=O) groups excluding carboxylic acids is 1. The van der Waals surface area contributed by atoms with Gasteiger partial charge in [0, 0.05) is 17.9 Å². The molecule has 0 spiro atoms. The van der Waals surface area contributed by atoms with E-state index in [0.29, 0.717) is 5.69 Å². The van der Waals surface area contributed by atoms with E-state index < -0.39 is 18.5 Å². The molecule has 2 heterocycles. The fourth-order valence-electron chi connectivity index (χ4n) is 1.91. The van der Waals surface area contributed by atoms with Crippen molar-refractivity contribution in [2.45, 2.75) is 24.6 Å². The summed E-state index contributed by atoms with van der Waals surface area (Å²) in [6, 6.07) is 1.04. The third-order valence-electron chi connectivity index (χ3n) is 3.15.